The molecule has 3 aromatic rings. The van der Waals surface area contributed by atoms with Crippen molar-refractivity contribution in [2.45, 2.75) is 31.7 Å². The van der Waals surface area contributed by atoms with Crippen molar-refractivity contribution in [2.75, 3.05) is 18.1 Å². The van der Waals surface area contributed by atoms with Crippen molar-refractivity contribution in [3.8, 4) is 0 Å². The highest BCUT2D eigenvalue weighted by Gasteiger charge is 2.11. The lowest BCUT2D eigenvalue weighted by atomic mass is 10.1. The van der Waals surface area contributed by atoms with E-state index in [0.29, 0.717) is 30.1 Å². The van der Waals surface area contributed by atoms with Gasteiger partial charge < -0.3 is 15.2 Å². The number of carbonyl (C=O) groups excluding carboxylic acids is 1. The van der Waals surface area contributed by atoms with Crippen LogP contribution < -0.4 is 16.2 Å². The number of aromatic nitrogens is 1. The van der Waals surface area contributed by atoms with E-state index in [-0.39, 0.29) is 11.6 Å². The molecular formula is C23H27N3O2S. The number of carbonyl (C=O) groups is 1. The fourth-order valence-electron chi connectivity index (χ4n) is 3.25. The number of thioether (sulfide) groups is 1. The van der Waals surface area contributed by atoms with Crippen LogP contribution in [0.4, 0.5) is 10.5 Å². The molecule has 6 heteroatoms. The molecule has 2 N–H and O–H groups in total. The lowest BCUT2D eigenvalue weighted by Gasteiger charge is -2.15. The van der Waals surface area contributed by atoms with Crippen molar-refractivity contribution in [1.82, 2.24) is 9.88 Å². The maximum Gasteiger partial charge on any atom is 0.319 e. The third-order valence-electron chi connectivity index (χ3n) is 4.66. The molecule has 3 rings (SSSR count). The molecule has 0 spiro atoms. The summed E-state index contributed by atoms with van der Waals surface area (Å²) in [6, 6.07) is 15.4. The predicted molar refractivity (Wildman–Crippen MR) is 122 cm³/mol. The number of hydrogen-bond donors (Lipinski definition) is 2. The largest absolute Gasteiger partial charge is 0.338 e. The van der Waals surface area contributed by atoms with E-state index in [1.807, 2.05) is 18.2 Å². The van der Waals surface area contributed by atoms with Gasteiger partial charge in [0.1, 0.15) is 0 Å². The zero-order chi connectivity index (χ0) is 20.8. The first-order valence-corrected chi connectivity index (χ1v) is 11.0. The highest BCUT2D eigenvalue weighted by atomic mass is 32.2. The standard InChI is InChI=1S/C23H27N3O2S/c1-16(2)14-26-15-21(19-6-4-5-7-20(19)22(26)27)25-23(28)24-13-12-17-8-10-18(29-3)11-9-17/h4-11,15-16H,12-14H2,1-3H3,(H2,24,25,28). The average molecular weight is 410 g/mol. The fourth-order valence-corrected chi connectivity index (χ4v) is 3.66. The van der Waals surface area contributed by atoms with Crippen LogP contribution in [-0.4, -0.2) is 23.4 Å². The Bertz CT molecular complexity index is 1040. The summed E-state index contributed by atoms with van der Waals surface area (Å²) >= 11 is 1.71. The second-order valence-corrected chi connectivity index (χ2v) is 8.30. The molecule has 5 nitrogen and oxygen atoms in total. The molecule has 0 saturated heterocycles. The molecule has 0 bridgehead atoms. The fraction of sp³-hybridized carbons (Fsp3) is 0.304. The van der Waals surface area contributed by atoms with Gasteiger partial charge in [-0.15, -0.1) is 11.8 Å². The Hall–Kier alpha value is -2.73. The number of fused-ring (bicyclic) bond motifs is 1. The quantitative estimate of drug-likeness (QED) is 0.554. The van der Waals surface area contributed by atoms with Gasteiger partial charge in [0, 0.05) is 35.0 Å². The molecule has 0 unspecified atom stereocenters. The van der Waals surface area contributed by atoms with Crippen LogP contribution in [-0.2, 0) is 13.0 Å². The number of anilines is 1. The van der Waals surface area contributed by atoms with Crippen LogP contribution in [0.15, 0.2) is 64.4 Å². The minimum absolute atomic E-state index is 0.0334. The van der Waals surface area contributed by atoms with Crippen molar-refractivity contribution in [3.05, 3.63) is 70.6 Å². The maximum absolute atomic E-state index is 12.7. The third kappa shape index (κ3) is 5.41. The molecule has 29 heavy (non-hydrogen) atoms. The van der Waals surface area contributed by atoms with E-state index in [1.165, 1.54) is 10.5 Å². The second-order valence-electron chi connectivity index (χ2n) is 7.42. The first kappa shape index (κ1) is 21.0. The van der Waals surface area contributed by atoms with Crippen molar-refractivity contribution in [1.29, 1.82) is 0 Å². The van der Waals surface area contributed by atoms with Crippen LogP contribution in [0.25, 0.3) is 10.8 Å². The number of urea groups is 1. The first-order chi connectivity index (χ1) is 14.0. The summed E-state index contributed by atoms with van der Waals surface area (Å²) in [6.07, 6.45) is 4.55. The minimum Gasteiger partial charge on any atom is -0.338 e. The summed E-state index contributed by atoms with van der Waals surface area (Å²) < 4.78 is 1.68. The van der Waals surface area contributed by atoms with Crippen molar-refractivity contribution >= 4 is 34.3 Å². The number of hydrogen-bond acceptors (Lipinski definition) is 3. The number of nitrogens with one attached hydrogen (secondary N) is 2. The Kier molecular flexibility index (Phi) is 6.99. The topological polar surface area (TPSA) is 63.1 Å². The van der Waals surface area contributed by atoms with Gasteiger partial charge in [-0.25, -0.2) is 4.79 Å². The smallest absolute Gasteiger partial charge is 0.319 e. The summed E-state index contributed by atoms with van der Waals surface area (Å²) in [7, 11) is 0. The predicted octanol–water partition coefficient (Wildman–Crippen LogP) is 4.74. The van der Waals surface area contributed by atoms with Gasteiger partial charge in [-0.05, 0) is 42.4 Å². The summed E-state index contributed by atoms with van der Waals surface area (Å²) in [4.78, 5) is 26.4. The molecular weight excluding hydrogens is 382 g/mol. The minimum atomic E-state index is -0.273. The zero-order valence-electron chi connectivity index (χ0n) is 17.1. The van der Waals surface area contributed by atoms with Gasteiger partial charge in [0.05, 0.1) is 5.69 Å². The van der Waals surface area contributed by atoms with E-state index in [1.54, 1.807) is 28.6 Å². The molecule has 1 aromatic heterocycles. The normalized spacial score (nSPS) is 11.0. The monoisotopic (exact) mass is 409 g/mol. The molecule has 0 fully saturated rings. The average Bonchev–Trinajstić information content (AvgIpc) is 2.71. The molecule has 0 aliphatic heterocycles. The number of nitrogens with zero attached hydrogens (tertiary/aromatic N) is 1. The summed E-state index contributed by atoms with van der Waals surface area (Å²) in [6.45, 7) is 5.26. The van der Waals surface area contributed by atoms with E-state index >= 15 is 0 Å². The SMILES string of the molecule is CSc1ccc(CCNC(=O)Nc2cn(CC(C)C)c(=O)c3ccccc23)cc1. The molecule has 0 radical (unpaired) electrons. The van der Waals surface area contributed by atoms with Gasteiger partial charge in [0.2, 0.25) is 0 Å². The molecule has 2 aromatic carbocycles. The highest BCUT2D eigenvalue weighted by molar-refractivity contribution is 7.98. The summed E-state index contributed by atoms with van der Waals surface area (Å²) in [5, 5.41) is 7.18. The molecule has 152 valence electrons. The third-order valence-corrected chi connectivity index (χ3v) is 5.41. The molecule has 2 amide bonds. The molecule has 0 saturated carbocycles. The lowest BCUT2D eigenvalue weighted by Crippen LogP contribution is -2.31. The van der Waals surface area contributed by atoms with Crippen LogP contribution >= 0.6 is 11.8 Å². The van der Waals surface area contributed by atoms with Crippen LogP contribution in [0.3, 0.4) is 0 Å². The molecule has 1 heterocycles. The van der Waals surface area contributed by atoms with Crippen molar-refractivity contribution in [3.63, 3.8) is 0 Å². The summed E-state index contributed by atoms with van der Waals surface area (Å²) in [5.41, 5.74) is 1.79. The molecule has 0 aliphatic carbocycles. The Balaban J connectivity index is 1.70. The van der Waals surface area contributed by atoms with Crippen LogP contribution in [0.1, 0.15) is 19.4 Å². The van der Waals surface area contributed by atoms with Gasteiger partial charge in [-0.3, -0.25) is 4.79 Å². The Morgan fingerprint density at radius 2 is 1.76 bits per heavy atom. The zero-order valence-corrected chi connectivity index (χ0v) is 17.9. The van der Waals surface area contributed by atoms with Gasteiger partial charge >= 0.3 is 6.03 Å². The number of rotatable bonds is 7. The Morgan fingerprint density at radius 1 is 1.07 bits per heavy atom. The highest BCUT2D eigenvalue weighted by Crippen LogP contribution is 2.21. The van der Waals surface area contributed by atoms with E-state index in [9.17, 15) is 9.59 Å². The van der Waals surface area contributed by atoms with E-state index in [0.717, 1.165) is 11.8 Å². The number of benzene rings is 2. The maximum atomic E-state index is 12.7. The summed E-state index contributed by atoms with van der Waals surface area (Å²) in [5.74, 6) is 0.327. The van der Waals surface area contributed by atoms with E-state index in [4.69, 9.17) is 0 Å². The second kappa shape index (κ2) is 9.65. The van der Waals surface area contributed by atoms with Gasteiger partial charge in [-0.1, -0.05) is 44.2 Å². The first-order valence-electron chi connectivity index (χ1n) is 9.78. The van der Waals surface area contributed by atoms with Gasteiger partial charge in [-0.2, -0.15) is 0 Å². The van der Waals surface area contributed by atoms with E-state index < -0.39 is 0 Å². The van der Waals surface area contributed by atoms with Crippen molar-refractivity contribution in [2.24, 2.45) is 5.92 Å². The number of amides is 2. The molecule has 0 aliphatic rings. The lowest BCUT2D eigenvalue weighted by molar-refractivity contribution is 0.252. The number of pyridine rings is 1. The molecule has 0 atom stereocenters. The van der Waals surface area contributed by atoms with Gasteiger partial charge in [0.25, 0.3) is 5.56 Å². The van der Waals surface area contributed by atoms with Crippen LogP contribution in [0.5, 0.6) is 0 Å². The van der Waals surface area contributed by atoms with Crippen LogP contribution in [0, 0.1) is 5.92 Å². The van der Waals surface area contributed by atoms with Crippen LogP contribution in [0.2, 0.25) is 0 Å². The van der Waals surface area contributed by atoms with Gasteiger partial charge in [0.15, 0.2) is 0 Å². The van der Waals surface area contributed by atoms with Crippen molar-refractivity contribution < 1.29 is 4.79 Å². The Labute approximate surface area is 175 Å². The Morgan fingerprint density at radius 3 is 2.41 bits per heavy atom. The van der Waals surface area contributed by atoms with E-state index in [2.05, 4.69) is 55.0 Å².